The third-order valence-corrected chi connectivity index (χ3v) is 3.06. The van der Waals surface area contributed by atoms with E-state index in [9.17, 15) is 13.2 Å². The van der Waals surface area contributed by atoms with E-state index < -0.39 is 16.1 Å². The molecule has 0 radical (unpaired) electrons. The van der Waals surface area contributed by atoms with Crippen LogP contribution in [0.3, 0.4) is 0 Å². The molecule has 0 saturated carbocycles. The number of sulfonamides is 1. The highest BCUT2D eigenvalue weighted by Crippen LogP contribution is 2.22. The standard InChI is InChI=1S/C5H6N4O3S/c1-9-4-3(2-6-9)7-5(10)8-13(4,11)12/h2H,1H3,(H2,7,8,10). The molecular formula is C5H6N4O3S. The molecule has 0 aliphatic carbocycles. The van der Waals surface area contributed by atoms with Gasteiger partial charge in [-0.3, -0.25) is 4.68 Å². The summed E-state index contributed by atoms with van der Waals surface area (Å²) in [6.07, 6.45) is 1.28. The molecule has 70 valence electrons. The second-order valence-corrected chi connectivity index (χ2v) is 4.14. The molecule has 0 fully saturated rings. The third-order valence-electron chi connectivity index (χ3n) is 1.61. The van der Waals surface area contributed by atoms with E-state index in [1.165, 1.54) is 17.9 Å². The first kappa shape index (κ1) is 8.05. The summed E-state index contributed by atoms with van der Waals surface area (Å²) >= 11 is 0. The Balaban J connectivity index is 2.73. The average Bonchev–Trinajstić information content (AvgIpc) is 2.29. The van der Waals surface area contributed by atoms with Crippen LogP contribution in [0.2, 0.25) is 0 Å². The molecule has 2 N–H and O–H groups in total. The molecule has 2 heterocycles. The number of rotatable bonds is 0. The van der Waals surface area contributed by atoms with Gasteiger partial charge in [-0.2, -0.15) is 13.5 Å². The predicted octanol–water partition coefficient (Wildman–Crippen LogP) is -0.756. The van der Waals surface area contributed by atoms with Gasteiger partial charge in [0.25, 0.3) is 10.0 Å². The molecule has 0 atom stereocenters. The number of carbonyl (C=O) groups is 1. The lowest BCUT2D eigenvalue weighted by molar-refractivity contribution is 0.256. The van der Waals surface area contributed by atoms with E-state index in [4.69, 9.17) is 0 Å². The van der Waals surface area contributed by atoms with Crippen LogP contribution in [0.25, 0.3) is 0 Å². The van der Waals surface area contributed by atoms with Crippen LogP contribution in [0.5, 0.6) is 0 Å². The van der Waals surface area contributed by atoms with Crippen molar-refractivity contribution in [2.75, 3.05) is 5.32 Å². The fourth-order valence-corrected chi connectivity index (χ4v) is 2.33. The monoisotopic (exact) mass is 202 g/mol. The SMILES string of the molecule is Cn1ncc2c1S(=O)(=O)NC(=O)N2. The van der Waals surface area contributed by atoms with Crippen molar-refractivity contribution in [2.45, 2.75) is 5.03 Å². The largest absolute Gasteiger partial charge is 0.333 e. The summed E-state index contributed by atoms with van der Waals surface area (Å²) < 4.78 is 25.6. The van der Waals surface area contributed by atoms with E-state index in [0.29, 0.717) is 0 Å². The van der Waals surface area contributed by atoms with E-state index in [-0.39, 0.29) is 10.7 Å². The Labute approximate surface area is 73.8 Å². The zero-order chi connectivity index (χ0) is 9.64. The maximum atomic E-state index is 11.3. The minimum atomic E-state index is -3.74. The number of nitrogens with one attached hydrogen (secondary N) is 2. The predicted molar refractivity (Wildman–Crippen MR) is 42.5 cm³/mol. The third kappa shape index (κ3) is 1.06. The maximum absolute atomic E-state index is 11.3. The lowest BCUT2D eigenvalue weighted by Gasteiger charge is -2.14. The zero-order valence-corrected chi connectivity index (χ0v) is 7.42. The number of hydrogen-bond acceptors (Lipinski definition) is 4. The molecule has 0 aromatic carbocycles. The fraction of sp³-hybridized carbons (Fsp3) is 0.200. The molecule has 7 nitrogen and oxygen atoms in total. The molecular weight excluding hydrogens is 196 g/mol. The molecule has 0 bridgehead atoms. The molecule has 1 aliphatic rings. The van der Waals surface area contributed by atoms with Crippen molar-refractivity contribution in [2.24, 2.45) is 7.05 Å². The van der Waals surface area contributed by atoms with E-state index in [0.717, 1.165) is 0 Å². The number of fused-ring (bicyclic) bond motifs is 1. The summed E-state index contributed by atoms with van der Waals surface area (Å²) in [5.41, 5.74) is 0.200. The summed E-state index contributed by atoms with van der Waals surface area (Å²) in [5.74, 6) is 0. The van der Waals surface area contributed by atoms with Gasteiger partial charge in [-0.25, -0.2) is 9.52 Å². The number of carbonyl (C=O) groups excluding carboxylic acids is 1. The average molecular weight is 202 g/mol. The van der Waals surface area contributed by atoms with Crippen molar-refractivity contribution in [1.82, 2.24) is 14.5 Å². The summed E-state index contributed by atoms with van der Waals surface area (Å²) in [6.45, 7) is 0. The van der Waals surface area contributed by atoms with Gasteiger partial charge in [0.15, 0.2) is 5.03 Å². The van der Waals surface area contributed by atoms with Crippen LogP contribution in [-0.4, -0.2) is 24.2 Å². The molecule has 0 saturated heterocycles. The highest BCUT2D eigenvalue weighted by molar-refractivity contribution is 7.90. The van der Waals surface area contributed by atoms with Crippen molar-refractivity contribution < 1.29 is 13.2 Å². The van der Waals surface area contributed by atoms with Crippen molar-refractivity contribution >= 4 is 21.7 Å². The highest BCUT2D eigenvalue weighted by atomic mass is 32.2. The van der Waals surface area contributed by atoms with E-state index in [2.05, 4.69) is 10.4 Å². The Bertz CT molecular complexity index is 474. The smallest absolute Gasteiger partial charge is 0.303 e. The Morgan fingerprint density at radius 1 is 1.54 bits per heavy atom. The van der Waals surface area contributed by atoms with Crippen molar-refractivity contribution in [3.05, 3.63) is 6.20 Å². The molecule has 13 heavy (non-hydrogen) atoms. The van der Waals surface area contributed by atoms with Gasteiger partial charge in [0, 0.05) is 7.05 Å². The Hall–Kier alpha value is -1.57. The number of aryl methyl sites for hydroxylation is 1. The number of nitrogens with zero attached hydrogens (tertiary/aromatic N) is 2. The molecule has 2 amide bonds. The summed E-state index contributed by atoms with van der Waals surface area (Å²) in [5, 5.41) is 6.00. The van der Waals surface area contributed by atoms with Crippen molar-refractivity contribution in [3.63, 3.8) is 0 Å². The fourth-order valence-electron chi connectivity index (χ4n) is 1.15. The molecule has 1 aromatic heterocycles. The zero-order valence-electron chi connectivity index (χ0n) is 6.60. The Kier molecular flexibility index (Phi) is 1.38. The van der Waals surface area contributed by atoms with Gasteiger partial charge in [0.1, 0.15) is 5.69 Å². The molecule has 2 rings (SSSR count). The van der Waals surface area contributed by atoms with Gasteiger partial charge in [-0.05, 0) is 0 Å². The van der Waals surface area contributed by atoms with Crippen molar-refractivity contribution in [1.29, 1.82) is 0 Å². The Morgan fingerprint density at radius 2 is 2.23 bits per heavy atom. The van der Waals surface area contributed by atoms with E-state index >= 15 is 0 Å². The van der Waals surface area contributed by atoms with Gasteiger partial charge in [0.2, 0.25) is 0 Å². The quantitative estimate of drug-likeness (QED) is 0.578. The van der Waals surface area contributed by atoms with E-state index in [1.54, 1.807) is 4.72 Å². The van der Waals surface area contributed by atoms with Gasteiger partial charge >= 0.3 is 6.03 Å². The van der Waals surface area contributed by atoms with Gasteiger partial charge in [-0.1, -0.05) is 0 Å². The van der Waals surface area contributed by atoms with Gasteiger partial charge in [0.05, 0.1) is 6.20 Å². The van der Waals surface area contributed by atoms with Gasteiger partial charge < -0.3 is 5.32 Å². The highest BCUT2D eigenvalue weighted by Gasteiger charge is 2.31. The first-order chi connectivity index (χ1) is 6.00. The lowest BCUT2D eigenvalue weighted by atomic mass is 10.6. The number of hydrogen-bond donors (Lipinski definition) is 2. The normalized spacial score (nSPS) is 18.7. The topological polar surface area (TPSA) is 93.1 Å². The number of amides is 2. The second kappa shape index (κ2) is 2.22. The van der Waals surface area contributed by atoms with Crippen LogP contribution in [0.15, 0.2) is 11.2 Å². The van der Waals surface area contributed by atoms with E-state index in [1.807, 2.05) is 0 Å². The first-order valence-corrected chi connectivity index (χ1v) is 4.85. The second-order valence-electron chi connectivity index (χ2n) is 2.55. The summed E-state index contributed by atoms with van der Waals surface area (Å²) in [7, 11) is -2.26. The van der Waals surface area contributed by atoms with Crippen LogP contribution < -0.4 is 10.0 Å². The van der Waals surface area contributed by atoms with Crippen LogP contribution in [-0.2, 0) is 17.1 Å². The number of anilines is 1. The summed E-state index contributed by atoms with van der Waals surface area (Å²) in [4.78, 5) is 10.8. The molecule has 0 spiro atoms. The van der Waals surface area contributed by atoms with Crippen LogP contribution in [0.1, 0.15) is 0 Å². The van der Waals surface area contributed by atoms with Gasteiger partial charge in [-0.15, -0.1) is 0 Å². The van der Waals surface area contributed by atoms with Crippen LogP contribution in [0, 0.1) is 0 Å². The molecule has 1 aromatic rings. The lowest BCUT2D eigenvalue weighted by Crippen LogP contribution is -2.39. The van der Waals surface area contributed by atoms with Crippen LogP contribution in [0.4, 0.5) is 10.5 Å². The first-order valence-electron chi connectivity index (χ1n) is 3.36. The molecule has 0 unspecified atom stereocenters. The summed E-state index contributed by atoms with van der Waals surface area (Å²) in [6, 6.07) is -0.763. The van der Waals surface area contributed by atoms with Crippen molar-refractivity contribution in [3.8, 4) is 0 Å². The number of aromatic nitrogens is 2. The minimum absolute atomic E-state index is 0.0351. The Morgan fingerprint density at radius 3 is 2.92 bits per heavy atom. The molecule has 8 heteroatoms. The van der Waals surface area contributed by atoms with Crippen LogP contribution >= 0.6 is 0 Å². The minimum Gasteiger partial charge on any atom is -0.303 e. The maximum Gasteiger partial charge on any atom is 0.333 e. The number of urea groups is 1. The molecule has 1 aliphatic heterocycles.